The van der Waals surface area contributed by atoms with E-state index in [1.807, 2.05) is 44.3 Å². The minimum atomic E-state index is -0.281. The summed E-state index contributed by atoms with van der Waals surface area (Å²) in [6.45, 7) is 1.84. The molecule has 9 heteroatoms. The summed E-state index contributed by atoms with van der Waals surface area (Å²) in [5, 5.41) is 12.2. The highest BCUT2D eigenvalue weighted by atomic mass is 32.2. The Hall–Kier alpha value is -3.20. The van der Waals surface area contributed by atoms with Crippen LogP contribution in [-0.4, -0.2) is 29.6 Å². The van der Waals surface area contributed by atoms with Crippen molar-refractivity contribution < 1.29 is 4.39 Å². The van der Waals surface area contributed by atoms with Gasteiger partial charge in [-0.05, 0) is 41.1 Å². The van der Waals surface area contributed by atoms with E-state index < -0.39 is 0 Å². The van der Waals surface area contributed by atoms with Crippen LogP contribution in [0.3, 0.4) is 0 Å². The molecule has 0 amide bonds. The fourth-order valence-electron chi connectivity index (χ4n) is 2.97. The molecule has 0 unspecified atom stereocenters. The summed E-state index contributed by atoms with van der Waals surface area (Å²) in [5.41, 5.74) is 2.15. The SMILES string of the molecule is Cc1c(-n2nnnc2SCc2ccccc2F)c(=O)n(-c2ccccc2)n1C. The lowest BCUT2D eigenvalue weighted by Gasteiger charge is -2.07. The fourth-order valence-corrected chi connectivity index (χ4v) is 3.83. The van der Waals surface area contributed by atoms with Gasteiger partial charge in [-0.15, -0.1) is 5.10 Å². The summed E-state index contributed by atoms with van der Waals surface area (Å²) in [4.78, 5) is 13.1. The molecule has 2 aromatic heterocycles. The van der Waals surface area contributed by atoms with Crippen molar-refractivity contribution in [3.63, 3.8) is 0 Å². The largest absolute Gasteiger partial charge is 0.297 e. The standard InChI is InChI=1S/C19H17FN6OS/c1-13-17(18(27)26(24(13)2)15-9-4-3-5-10-15)25-19(21-22-23-25)28-12-14-8-6-7-11-16(14)20/h3-11H,12H2,1-2H3. The Kier molecular flexibility index (Phi) is 4.82. The van der Waals surface area contributed by atoms with Gasteiger partial charge in [-0.3, -0.25) is 9.48 Å². The molecular weight excluding hydrogens is 379 g/mol. The van der Waals surface area contributed by atoms with E-state index in [2.05, 4.69) is 15.5 Å². The summed E-state index contributed by atoms with van der Waals surface area (Å²) in [5.74, 6) is 0.0718. The molecule has 28 heavy (non-hydrogen) atoms. The third-order valence-corrected chi connectivity index (χ3v) is 5.46. The van der Waals surface area contributed by atoms with E-state index >= 15 is 0 Å². The number of halogens is 1. The third-order valence-electron chi connectivity index (χ3n) is 4.49. The van der Waals surface area contributed by atoms with Crippen molar-refractivity contribution in [1.29, 1.82) is 0 Å². The highest BCUT2D eigenvalue weighted by Gasteiger charge is 2.22. The van der Waals surface area contributed by atoms with Crippen molar-refractivity contribution in [2.75, 3.05) is 0 Å². The normalized spacial score (nSPS) is 11.1. The lowest BCUT2D eigenvalue weighted by atomic mass is 10.2. The number of benzene rings is 2. The molecule has 0 radical (unpaired) electrons. The molecule has 0 N–H and O–H groups in total. The van der Waals surface area contributed by atoms with Crippen LogP contribution in [0.1, 0.15) is 11.3 Å². The Labute approximate surface area is 164 Å². The average Bonchev–Trinajstić information content (AvgIpc) is 3.24. The van der Waals surface area contributed by atoms with Gasteiger partial charge in [0.15, 0.2) is 5.69 Å². The highest BCUT2D eigenvalue weighted by molar-refractivity contribution is 7.98. The number of hydrogen-bond donors (Lipinski definition) is 0. The zero-order valence-electron chi connectivity index (χ0n) is 15.3. The van der Waals surface area contributed by atoms with Gasteiger partial charge in [0, 0.05) is 12.8 Å². The zero-order valence-corrected chi connectivity index (χ0v) is 16.1. The molecule has 0 aliphatic carbocycles. The monoisotopic (exact) mass is 396 g/mol. The van der Waals surface area contributed by atoms with Gasteiger partial charge >= 0.3 is 0 Å². The van der Waals surface area contributed by atoms with Crippen molar-refractivity contribution in [2.45, 2.75) is 17.8 Å². The van der Waals surface area contributed by atoms with E-state index in [9.17, 15) is 9.18 Å². The van der Waals surface area contributed by atoms with Gasteiger partial charge in [0.2, 0.25) is 5.16 Å². The minimum Gasteiger partial charge on any atom is -0.283 e. The van der Waals surface area contributed by atoms with Crippen LogP contribution < -0.4 is 5.56 Å². The van der Waals surface area contributed by atoms with Gasteiger partial charge in [-0.25, -0.2) is 9.07 Å². The van der Waals surface area contributed by atoms with Gasteiger partial charge in [0.25, 0.3) is 5.56 Å². The molecule has 2 heterocycles. The summed E-state index contributed by atoms with van der Waals surface area (Å²) < 4.78 is 18.6. The second-order valence-electron chi connectivity index (χ2n) is 6.16. The highest BCUT2D eigenvalue weighted by Crippen LogP contribution is 2.24. The molecule has 4 rings (SSSR count). The molecule has 0 bridgehead atoms. The van der Waals surface area contributed by atoms with E-state index in [0.717, 1.165) is 5.69 Å². The second-order valence-corrected chi connectivity index (χ2v) is 7.11. The Morgan fingerprint density at radius 1 is 1.07 bits per heavy atom. The van der Waals surface area contributed by atoms with Gasteiger partial charge in [0.1, 0.15) is 5.82 Å². The molecule has 2 aromatic carbocycles. The van der Waals surface area contributed by atoms with Crippen LogP contribution in [0.25, 0.3) is 11.4 Å². The zero-order chi connectivity index (χ0) is 19.7. The first-order valence-electron chi connectivity index (χ1n) is 8.57. The molecule has 0 fully saturated rings. The van der Waals surface area contributed by atoms with Crippen LogP contribution in [0.15, 0.2) is 64.5 Å². The lowest BCUT2D eigenvalue weighted by molar-refractivity contribution is 0.617. The maximum atomic E-state index is 13.9. The molecule has 7 nitrogen and oxygen atoms in total. The van der Waals surface area contributed by atoms with Crippen LogP contribution in [0.2, 0.25) is 0 Å². The lowest BCUT2D eigenvalue weighted by Crippen LogP contribution is -2.22. The van der Waals surface area contributed by atoms with Crippen LogP contribution in [0.5, 0.6) is 0 Å². The number of thioether (sulfide) groups is 1. The van der Waals surface area contributed by atoms with Gasteiger partial charge in [0.05, 0.1) is 11.4 Å². The molecule has 0 aliphatic heterocycles. The third kappa shape index (κ3) is 3.13. The fraction of sp³-hybridized carbons (Fsp3) is 0.158. The number of aromatic nitrogens is 6. The van der Waals surface area contributed by atoms with E-state index in [1.165, 1.54) is 22.5 Å². The Bertz CT molecular complexity index is 1180. The maximum absolute atomic E-state index is 13.9. The average molecular weight is 396 g/mol. The maximum Gasteiger partial charge on any atom is 0.297 e. The number of hydrogen-bond acceptors (Lipinski definition) is 5. The van der Waals surface area contributed by atoms with Crippen molar-refractivity contribution >= 4 is 11.8 Å². The van der Waals surface area contributed by atoms with Crippen molar-refractivity contribution in [1.82, 2.24) is 29.6 Å². The van der Waals surface area contributed by atoms with E-state index in [-0.39, 0.29) is 11.4 Å². The van der Waals surface area contributed by atoms with Gasteiger partial charge in [-0.2, -0.15) is 4.68 Å². The number of para-hydroxylation sites is 1. The molecule has 4 aromatic rings. The Morgan fingerprint density at radius 2 is 1.79 bits per heavy atom. The van der Waals surface area contributed by atoms with E-state index in [1.54, 1.807) is 27.6 Å². The smallest absolute Gasteiger partial charge is 0.283 e. The first kappa shape index (κ1) is 18.2. The quantitative estimate of drug-likeness (QED) is 0.485. The summed E-state index contributed by atoms with van der Waals surface area (Å²) in [7, 11) is 1.81. The summed E-state index contributed by atoms with van der Waals surface area (Å²) in [6, 6.07) is 15.9. The van der Waals surface area contributed by atoms with Crippen molar-refractivity contribution in [3.05, 3.63) is 82.0 Å². The van der Waals surface area contributed by atoms with Crippen molar-refractivity contribution in [2.24, 2.45) is 7.05 Å². The molecule has 0 saturated heterocycles. The van der Waals surface area contributed by atoms with E-state index in [0.29, 0.717) is 27.9 Å². The molecule has 0 aliphatic rings. The molecular formula is C19H17FN6OS. The van der Waals surface area contributed by atoms with Crippen molar-refractivity contribution in [3.8, 4) is 11.4 Å². The molecule has 142 valence electrons. The minimum absolute atomic E-state index is 0.230. The van der Waals surface area contributed by atoms with Gasteiger partial charge in [-0.1, -0.05) is 48.2 Å². The Morgan fingerprint density at radius 3 is 2.54 bits per heavy atom. The first-order valence-corrected chi connectivity index (χ1v) is 9.55. The number of rotatable bonds is 5. The molecule has 0 spiro atoms. The van der Waals surface area contributed by atoms with E-state index in [4.69, 9.17) is 0 Å². The summed E-state index contributed by atoms with van der Waals surface area (Å²) in [6.07, 6.45) is 0. The Balaban J connectivity index is 1.73. The number of tetrazole rings is 1. The van der Waals surface area contributed by atoms with Crippen LogP contribution in [0, 0.1) is 12.7 Å². The molecule has 0 saturated carbocycles. The van der Waals surface area contributed by atoms with Crippen LogP contribution in [-0.2, 0) is 12.8 Å². The summed E-state index contributed by atoms with van der Waals surface area (Å²) >= 11 is 1.27. The number of nitrogens with zero attached hydrogens (tertiary/aromatic N) is 6. The predicted octanol–water partition coefficient (Wildman–Crippen LogP) is 2.89. The topological polar surface area (TPSA) is 70.5 Å². The molecule has 0 atom stereocenters. The van der Waals surface area contributed by atoms with Crippen LogP contribution >= 0.6 is 11.8 Å². The predicted molar refractivity (Wildman–Crippen MR) is 104 cm³/mol. The van der Waals surface area contributed by atoms with Crippen LogP contribution in [0.4, 0.5) is 4.39 Å². The first-order chi connectivity index (χ1) is 13.6. The second kappa shape index (κ2) is 7.43. The van der Waals surface area contributed by atoms with Gasteiger partial charge < -0.3 is 0 Å².